The number of amides is 1. The highest BCUT2D eigenvalue weighted by Gasteiger charge is 2.30. The molecule has 6 heterocycles. The van der Waals surface area contributed by atoms with Gasteiger partial charge in [-0.3, -0.25) is 14.3 Å². The zero-order chi connectivity index (χ0) is 28.2. The van der Waals surface area contributed by atoms with Gasteiger partial charge in [-0.1, -0.05) is 35.3 Å². The van der Waals surface area contributed by atoms with Crippen molar-refractivity contribution in [3.8, 4) is 11.1 Å². The summed E-state index contributed by atoms with van der Waals surface area (Å²) in [5, 5.41) is 1.68. The average Bonchev–Trinajstić information content (AvgIpc) is 3.49. The second-order valence-electron chi connectivity index (χ2n) is 10.6. The smallest absolute Gasteiger partial charge is 0.327 e. The number of hydrogen-bond acceptors (Lipinski definition) is 7. The van der Waals surface area contributed by atoms with Crippen LogP contribution in [0.1, 0.15) is 18.9 Å². The molecular formula is C28H27Cl2N9O2. The van der Waals surface area contributed by atoms with Gasteiger partial charge in [0.15, 0.2) is 5.65 Å². The number of H-pyrrole nitrogens is 1. The van der Waals surface area contributed by atoms with Gasteiger partial charge in [-0.25, -0.2) is 19.7 Å². The minimum atomic E-state index is -0.173. The normalized spacial score (nSPS) is 16.6. The summed E-state index contributed by atoms with van der Waals surface area (Å²) >= 11 is 13.0. The number of imidazole rings is 1. The van der Waals surface area contributed by atoms with Gasteiger partial charge in [0.25, 0.3) is 0 Å². The van der Waals surface area contributed by atoms with Gasteiger partial charge in [-0.15, -0.1) is 0 Å². The first-order valence-electron chi connectivity index (χ1n) is 13.5. The number of aromatic nitrogens is 6. The molecule has 0 bridgehead atoms. The van der Waals surface area contributed by atoms with Crippen LogP contribution in [-0.4, -0.2) is 72.1 Å². The van der Waals surface area contributed by atoms with Crippen LogP contribution in [0.25, 0.3) is 33.3 Å². The summed E-state index contributed by atoms with van der Waals surface area (Å²) in [5.74, 6) is 0.733. The van der Waals surface area contributed by atoms with Crippen LogP contribution in [0.4, 0.5) is 5.82 Å². The first-order chi connectivity index (χ1) is 19.9. The largest absolute Gasteiger partial charge is 0.353 e. The van der Waals surface area contributed by atoms with E-state index < -0.39 is 0 Å². The zero-order valence-corrected chi connectivity index (χ0v) is 23.5. The van der Waals surface area contributed by atoms with Crippen molar-refractivity contribution in [2.45, 2.75) is 31.5 Å². The Morgan fingerprint density at radius 3 is 2.63 bits per heavy atom. The zero-order valence-electron chi connectivity index (χ0n) is 22.0. The van der Waals surface area contributed by atoms with Crippen LogP contribution in [0.15, 0.2) is 53.8 Å². The number of carbonyl (C=O) groups excluding carboxylic acids is 1. The Morgan fingerprint density at radius 2 is 1.85 bits per heavy atom. The number of aromatic amines is 1. The standard InChI is InChI=1S/C28H27Cl2N9O2/c29-20-4-1-3-18(24(20)30)19-13-38(27-23(19)26(33-15-34-27)37-11-16(31)12-37)14-22(40)36-9-6-17(7-10-36)39-21-5-2-8-32-25(21)35-28(39)41/h1-5,8,13,15-17H,6-7,9-12,14,31H2,(H,32,35,41). The summed E-state index contributed by atoms with van der Waals surface area (Å²) in [6.45, 7) is 2.56. The maximum Gasteiger partial charge on any atom is 0.327 e. The number of halogens is 2. The molecule has 4 aromatic heterocycles. The van der Waals surface area contributed by atoms with Crippen LogP contribution < -0.4 is 16.3 Å². The lowest BCUT2D eigenvalue weighted by Gasteiger charge is -2.38. The average molecular weight is 592 g/mol. The molecule has 0 spiro atoms. The van der Waals surface area contributed by atoms with Gasteiger partial charge in [-0.05, 0) is 31.0 Å². The van der Waals surface area contributed by atoms with Crippen molar-refractivity contribution in [2.24, 2.45) is 5.73 Å². The molecule has 0 radical (unpaired) electrons. The van der Waals surface area contributed by atoms with Crippen LogP contribution in [-0.2, 0) is 11.3 Å². The van der Waals surface area contributed by atoms with Gasteiger partial charge in [0.1, 0.15) is 24.3 Å². The number of rotatable bonds is 5. The Bertz CT molecular complexity index is 1850. The summed E-state index contributed by atoms with van der Waals surface area (Å²) < 4.78 is 3.63. The van der Waals surface area contributed by atoms with Crippen molar-refractivity contribution in [1.29, 1.82) is 0 Å². The maximum absolute atomic E-state index is 13.6. The van der Waals surface area contributed by atoms with E-state index in [-0.39, 0.29) is 30.2 Å². The van der Waals surface area contributed by atoms with E-state index in [4.69, 9.17) is 28.9 Å². The maximum atomic E-state index is 13.6. The number of nitrogens with zero attached hydrogens (tertiary/aromatic N) is 7. The highest BCUT2D eigenvalue weighted by atomic mass is 35.5. The van der Waals surface area contributed by atoms with E-state index in [1.807, 2.05) is 39.9 Å². The topological polar surface area (TPSA) is 131 Å². The Morgan fingerprint density at radius 1 is 1.05 bits per heavy atom. The summed E-state index contributed by atoms with van der Waals surface area (Å²) in [6.07, 6.45) is 6.43. The molecule has 1 amide bonds. The molecule has 0 unspecified atom stereocenters. The predicted octanol–water partition coefficient (Wildman–Crippen LogP) is 3.45. The van der Waals surface area contributed by atoms with E-state index >= 15 is 0 Å². The first kappa shape index (κ1) is 26.0. The molecule has 2 aliphatic heterocycles. The summed E-state index contributed by atoms with van der Waals surface area (Å²) in [6, 6.07) is 9.28. The number of hydrogen-bond donors (Lipinski definition) is 2. The molecule has 11 nitrogen and oxygen atoms in total. The highest BCUT2D eigenvalue weighted by molar-refractivity contribution is 6.44. The van der Waals surface area contributed by atoms with Crippen LogP contribution in [0.2, 0.25) is 10.0 Å². The third-order valence-electron chi connectivity index (χ3n) is 8.06. The number of nitrogens with two attached hydrogens (primary N) is 1. The van der Waals surface area contributed by atoms with Gasteiger partial charge in [0.2, 0.25) is 5.91 Å². The molecule has 0 aliphatic carbocycles. The third-order valence-corrected chi connectivity index (χ3v) is 8.88. The van der Waals surface area contributed by atoms with E-state index in [1.165, 1.54) is 6.33 Å². The van der Waals surface area contributed by atoms with Crippen molar-refractivity contribution >= 4 is 57.1 Å². The predicted molar refractivity (Wildman–Crippen MR) is 158 cm³/mol. The van der Waals surface area contributed by atoms with E-state index in [0.29, 0.717) is 60.4 Å². The fourth-order valence-corrected chi connectivity index (χ4v) is 6.41. The van der Waals surface area contributed by atoms with E-state index in [1.54, 1.807) is 16.8 Å². The van der Waals surface area contributed by atoms with Crippen LogP contribution in [0, 0.1) is 0 Å². The molecule has 2 fully saturated rings. The number of carbonyl (C=O) groups is 1. The lowest BCUT2D eigenvalue weighted by molar-refractivity contribution is -0.133. The Hall–Kier alpha value is -3.93. The number of likely N-dealkylation sites (tertiary alicyclic amines) is 1. The molecular weight excluding hydrogens is 565 g/mol. The lowest BCUT2D eigenvalue weighted by atomic mass is 10.0. The molecule has 1 aromatic carbocycles. The van der Waals surface area contributed by atoms with Crippen LogP contribution in [0.3, 0.4) is 0 Å². The summed E-state index contributed by atoms with van der Waals surface area (Å²) in [4.78, 5) is 46.4. The molecule has 2 aliphatic rings. The molecule has 7 rings (SSSR count). The monoisotopic (exact) mass is 591 g/mol. The number of benzene rings is 1. The van der Waals surface area contributed by atoms with Crippen LogP contribution in [0.5, 0.6) is 0 Å². The molecule has 0 atom stereocenters. The number of pyridine rings is 1. The van der Waals surface area contributed by atoms with Crippen molar-refractivity contribution in [1.82, 2.24) is 34.0 Å². The summed E-state index contributed by atoms with van der Waals surface area (Å²) in [7, 11) is 0. The number of anilines is 1. The van der Waals surface area contributed by atoms with E-state index in [2.05, 4.69) is 24.8 Å². The SMILES string of the molecule is NC1CN(c2ncnc3c2c(-c2cccc(Cl)c2Cl)cn3CC(=O)N2CCC(n3c(=O)[nH]c4ncccc43)CC2)C1. The fourth-order valence-electron chi connectivity index (χ4n) is 6.01. The van der Waals surface area contributed by atoms with Crippen molar-refractivity contribution < 1.29 is 4.79 Å². The van der Waals surface area contributed by atoms with Gasteiger partial charge in [0.05, 0.1) is 20.9 Å². The van der Waals surface area contributed by atoms with Gasteiger partial charge in [0, 0.05) is 61.8 Å². The van der Waals surface area contributed by atoms with Crippen LogP contribution >= 0.6 is 23.2 Å². The highest BCUT2D eigenvalue weighted by Crippen LogP contribution is 2.41. The molecule has 210 valence electrons. The molecule has 3 N–H and O–H groups in total. The quantitative estimate of drug-likeness (QED) is 0.320. The van der Waals surface area contributed by atoms with Gasteiger partial charge in [-0.2, -0.15) is 0 Å². The minimum absolute atomic E-state index is 0.00770. The van der Waals surface area contributed by atoms with Crippen molar-refractivity contribution in [2.75, 3.05) is 31.1 Å². The van der Waals surface area contributed by atoms with E-state index in [0.717, 1.165) is 27.8 Å². The molecule has 0 saturated carbocycles. The van der Waals surface area contributed by atoms with E-state index in [9.17, 15) is 9.59 Å². The molecule has 13 heteroatoms. The number of nitrogens with one attached hydrogen (secondary N) is 1. The third kappa shape index (κ3) is 4.44. The number of piperidine rings is 1. The second-order valence-corrected chi connectivity index (χ2v) is 11.4. The summed E-state index contributed by atoms with van der Waals surface area (Å²) in [5.41, 5.74) is 9.45. The van der Waals surface area contributed by atoms with Gasteiger partial charge < -0.3 is 20.1 Å². The molecule has 2 saturated heterocycles. The molecule has 41 heavy (non-hydrogen) atoms. The Balaban J connectivity index is 1.17. The lowest BCUT2D eigenvalue weighted by Crippen LogP contribution is -2.56. The number of fused-ring (bicyclic) bond motifs is 2. The second kappa shape index (κ2) is 10.2. The molecule has 5 aromatic rings. The van der Waals surface area contributed by atoms with Crippen molar-refractivity contribution in [3.05, 3.63) is 69.6 Å². The van der Waals surface area contributed by atoms with Gasteiger partial charge >= 0.3 is 5.69 Å². The first-order valence-corrected chi connectivity index (χ1v) is 14.3. The van der Waals surface area contributed by atoms with Crippen molar-refractivity contribution in [3.63, 3.8) is 0 Å². The minimum Gasteiger partial charge on any atom is -0.353 e. The Labute approximate surface area is 244 Å². The Kier molecular flexibility index (Phi) is 6.44. The fraction of sp³-hybridized carbons (Fsp3) is 0.321.